The van der Waals surface area contributed by atoms with E-state index >= 15 is 0 Å². The number of hydrogen-bond acceptors (Lipinski definition) is 3. The van der Waals surface area contributed by atoms with E-state index in [2.05, 4.69) is 0 Å². The molecule has 4 rings (SSSR count). The molecule has 1 saturated carbocycles. The molecule has 2 aromatic rings. The average molecular weight is 406 g/mol. The van der Waals surface area contributed by atoms with E-state index in [1.165, 1.54) is 25.7 Å². The number of hydrogen-bond donors (Lipinski definition) is 1. The molecule has 2 N–H and O–H groups in total. The van der Waals surface area contributed by atoms with Crippen LogP contribution in [0, 0.1) is 11.8 Å². The molecule has 2 fully saturated rings. The van der Waals surface area contributed by atoms with Gasteiger partial charge in [-0.1, -0.05) is 49.6 Å². The van der Waals surface area contributed by atoms with Gasteiger partial charge in [0, 0.05) is 30.9 Å². The van der Waals surface area contributed by atoms with E-state index < -0.39 is 0 Å². The molecule has 1 saturated heterocycles. The van der Waals surface area contributed by atoms with Gasteiger partial charge in [0.25, 0.3) is 5.91 Å². The lowest BCUT2D eigenvalue weighted by atomic mass is 9.75. The van der Waals surface area contributed by atoms with Gasteiger partial charge in [-0.05, 0) is 54.5 Å². The van der Waals surface area contributed by atoms with Crippen molar-refractivity contribution in [1.29, 1.82) is 0 Å². The minimum atomic E-state index is -0.169. The van der Waals surface area contributed by atoms with E-state index in [0.717, 1.165) is 36.7 Å². The van der Waals surface area contributed by atoms with Crippen LogP contribution in [0.4, 0.5) is 5.69 Å². The van der Waals surface area contributed by atoms with Crippen LogP contribution in [0.2, 0.25) is 0 Å². The maximum absolute atomic E-state index is 13.4. The van der Waals surface area contributed by atoms with Gasteiger partial charge in [-0.25, -0.2) is 0 Å². The second-order valence-electron chi connectivity index (χ2n) is 8.56. The quantitative estimate of drug-likeness (QED) is 0.822. The Morgan fingerprint density at radius 2 is 1.73 bits per heavy atom. The molecular formula is C25H31N3O2. The predicted molar refractivity (Wildman–Crippen MR) is 119 cm³/mol. The number of carbonyl (C=O) groups is 2. The van der Waals surface area contributed by atoms with Crippen LogP contribution in [0.3, 0.4) is 0 Å². The highest BCUT2D eigenvalue weighted by Crippen LogP contribution is 2.36. The highest BCUT2D eigenvalue weighted by molar-refractivity contribution is 6.08. The molecular weight excluding hydrogens is 374 g/mol. The Morgan fingerprint density at radius 3 is 2.50 bits per heavy atom. The van der Waals surface area contributed by atoms with Crippen LogP contribution in [-0.4, -0.2) is 36.3 Å². The second kappa shape index (κ2) is 9.43. The third kappa shape index (κ3) is 4.57. The van der Waals surface area contributed by atoms with Gasteiger partial charge in [-0.2, -0.15) is 0 Å². The van der Waals surface area contributed by atoms with Crippen molar-refractivity contribution in [3.63, 3.8) is 0 Å². The lowest BCUT2D eigenvalue weighted by Gasteiger charge is -2.41. The zero-order valence-electron chi connectivity index (χ0n) is 17.5. The van der Waals surface area contributed by atoms with Gasteiger partial charge in [0.05, 0.1) is 0 Å². The number of amides is 2. The molecule has 2 amide bonds. The summed E-state index contributed by atoms with van der Waals surface area (Å²) in [4.78, 5) is 30.2. The Morgan fingerprint density at radius 1 is 0.967 bits per heavy atom. The maximum atomic E-state index is 13.4. The lowest BCUT2D eigenvalue weighted by Crippen LogP contribution is -2.49. The van der Waals surface area contributed by atoms with E-state index in [1.807, 2.05) is 53.4 Å². The van der Waals surface area contributed by atoms with Crippen LogP contribution in [0.1, 0.15) is 48.0 Å². The highest BCUT2D eigenvalue weighted by atomic mass is 16.2. The summed E-state index contributed by atoms with van der Waals surface area (Å²) in [5, 5.41) is 0. The van der Waals surface area contributed by atoms with Crippen LogP contribution in [0.25, 0.3) is 0 Å². The number of para-hydroxylation sites is 1. The van der Waals surface area contributed by atoms with Gasteiger partial charge in [-0.15, -0.1) is 0 Å². The van der Waals surface area contributed by atoms with Gasteiger partial charge in [0.1, 0.15) is 6.54 Å². The summed E-state index contributed by atoms with van der Waals surface area (Å²) >= 11 is 0. The van der Waals surface area contributed by atoms with E-state index in [1.54, 1.807) is 11.0 Å². The fourth-order valence-corrected chi connectivity index (χ4v) is 4.94. The van der Waals surface area contributed by atoms with Crippen molar-refractivity contribution in [3.05, 3.63) is 65.7 Å². The summed E-state index contributed by atoms with van der Waals surface area (Å²) in [6.07, 6.45) is 6.22. The molecule has 1 aliphatic carbocycles. The van der Waals surface area contributed by atoms with Crippen LogP contribution in [0.15, 0.2) is 54.6 Å². The Kier molecular flexibility index (Phi) is 6.48. The molecule has 0 aromatic heterocycles. The minimum absolute atomic E-state index is 0.0335. The lowest BCUT2D eigenvalue weighted by molar-refractivity contribution is -0.132. The van der Waals surface area contributed by atoms with Crippen molar-refractivity contribution in [2.75, 3.05) is 24.5 Å². The van der Waals surface area contributed by atoms with Crippen LogP contribution in [0.5, 0.6) is 0 Å². The van der Waals surface area contributed by atoms with E-state index in [4.69, 9.17) is 5.73 Å². The van der Waals surface area contributed by atoms with E-state index in [-0.39, 0.29) is 18.4 Å². The predicted octanol–water partition coefficient (Wildman–Crippen LogP) is 3.83. The van der Waals surface area contributed by atoms with Crippen molar-refractivity contribution in [3.8, 4) is 0 Å². The molecule has 0 radical (unpaired) electrons. The van der Waals surface area contributed by atoms with Gasteiger partial charge < -0.3 is 10.6 Å². The van der Waals surface area contributed by atoms with Crippen molar-refractivity contribution < 1.29 is 9.59 Å². The number of piperidine rings is 1. The molecule has 2 atom stereocenters. The van der Waals surface area contributed by atoms with Gasteiger partial charge >= 0.3 is 0 Å². The Bertz CT molecular complexity index is 883. The van der Waals surface area contributed by atoms with E-state index in [0.29, 0.717) is 18.0 Å². The number of fused-ring (bicyclic) bond motifs is 1. The molecule has 158 valence electrons. The fraction of sp³-hybridized carbons (Fsp3) is 0.440. The van der Waals surface area contributed by atoms with Crippen molar-refractivity contribution in [2.45, 2.75) is 38.6 Å². The SMILES string of the molecule is NCc1cccc(C(=O)N(CC(=O)N2CCC3CCCCC3C2)c2ccccc2)c1. The number of anilines is 1. The third-order valence-electron chi connectivity index (χ3n) is 6.66. The van der Waals surface area contributed by atoms with Crippen LogP contribution >= 0.6 is 0 Å². The molecule has 1 aliphatic heterocycles. The second-order valence-corrected chi connectivity index (χ2v) is 8.56. The standard InChI is InChI=1S/C25H31N3O2/c26-16-19-7-6-10-21(15-19)25(30)28(23-11-2-1-3-12-23)18-24(29)27-14-13-20-8-4-5-9-22(20)17-27/h1-3,6-7,10-12,15,20,22H,4-5,8-9,13-14,16-18,26H2. The van der Waals surface area contributed by atoms with Crippen LogP contribution in [-0.2, 0) is 11.3 Å². The van der Waals surface area contributed by atoms with Gasteiger partial charge in [0.2, 0.25) is 5.91 Å². The molecule has 5 nitrogen and oxygen atoms in total. The Labute approximate surface area is 178 Å². The number of carbonyl (C=O) groups excluding carboxylic acids is 2. The Hall–Kier alpha value is -2.66. The molecule has 2 aromatic carbocycles. The summed E-state index contributed by atoms with van der Waals surface area (Å²) in [7, 11) is 0. The average Bonchev–Trinajstić information content (AvgIpc) is 2.82. The first kappa shape index (κ1) is 20.6. The minimum Gasteiger partial charge on any atom is -0.341 e. The number of benzene rings is 2. The molecule has 0 spiro atoms. The fourth-order valence-electron chi connectivity index (χ4n) is 4.94. The van der Waals surface area contributed by atoms with Gasteiger partial charge in [-0.3, -0.25) is 14.5 Å². The normalized spacial score (nSPS) is 21.0. The van der Waals surface area contributed by atoms with Crippen LogP contribution < -0.4 is 10.6 Å². The maximum Gasteiger partial charge on any atom is 0.258 e. The number of nitrogens with two attached hydrogens (primary N) is 1. The molecule has 30 heavy (non-hydrogen) atoms. The zero-order valence-corrected chi connectivity index (χ0v) is 17.5. The topological polar surface area (TPSA) is 66.6 Å². The Balaban J connectivity index is 1.53. The van der Waals surface area contributed by atoms with E-state index in [9.17, 15) is 9.59 Å². The van der Waals surface area contributed by atoms with Crippen molar-refractivity contribution in [1.82, 2.24) is 4.90 Å². The first-order chi connectivity index (χ1) is 14.7. The monoisotopic (exact) mass is 405 g/mol. The number of nitrogens with zero attached hydrogens (tertiary/aromatic N) is 2. The molecule has 5 heteroatoms. The summed E-state index contributed by atoms with van der Waals surface area (Å²) in [6.45, 7) is 2.08. The number of likely N-dealkylation sites (tertiary alicyclic amines) is 1. The zero-order chi connectivity index (χ0) is 20.9. The highest BCUT2D eigenvalue weighted by Gasteiger charge is 2.34. The first-order valence-electron chi connectivity index (χ1n) is 11.1. The smallest absolute Gasteiger partial charge is 0.258 e. The first-order valence-corrected chi connectivity index (χ1v) is 11.1. The molecule has 1 heterocycles. The van der Waals surface area contributed by atoms with Crippen molar-refractivity contribution >= 4 is 17.5 Å². The third-order valence-corrected chi connectivity index (χ3v) is 6.66. The summed E-state index contributed by atoms with van der Waals surface area (Å²) < 4.78 is 0. The van der Waals surface area contributed by atoms with Crippen molar-refractivity contribution in [2.24, 2.45) is 17.6 Å². The molecule has 2 aliphatic rings. The molecule has 0 bridgehead atoms. The summed E-state index contributed by atoms with van der Waals surface area (Å²) in [5.41, 5.74) is 7.95. The summed E-state index contributed by atoms with van der Waals surface area (Å²) in [5.74, 6) is 1.26. The van der Waals surface area contributed by atoms with Gasteiger partial charge in [0.15, 0.2) is 0 Å². The summed E-state index contributed by atoms with van der Waals surface area (Å²) in [6, 6.07) is 16.8. The molecule has 2 unspecified atom stereocenters. The largest absolute Gasteiger partial charge is 0.341 e. The number of rotatable bonds is 5.